The molecule has 1 atom stereocenters. The van der Waals surface area contributed by atoms with Crippen molar-refractivity contribution >= 4 is 33.2 Å². The van der Waals surface area contributed by atoms with E-state index in [1.54, 1.807) is 17.0 Å². The number of nitrogens with zero attached hydrogens (tertiary/aromatic N) is 2. The van der Waals surface area contributed by atoms with E-state index in [0.717, 1.165) is 12.8 Å². The number of pyridine rings is 1. The molecule has 0 radical (unpaired) electrons. The van der Waals surface area contributed by atoms with E-state index in [0.29, 0.717) is 31.0 Å². The Morgan fingerprint density at radius 1 is 1.34 bits per heavy atom. The van der Waals surface area contributed by atoms with Crippen molar-refractivity contribution in [3.05, 3.63) is 41.0 Å². The van der Waals surface area contributed by atoms with E-state index >= 15 is 0 Å². The van der Waals surface area contributed by atoms with Crippen LogP contribution in [-0.4, -0.2) is 44.0 Å². The molecule has 1 aromatic carbocycles. The minimum atomic E-state index is -3.97. The summed E-state index contributed by atoms with van der Waals surface area (Å²) >= 11 is 5.96. The number of aromatic nitrogens is 1. The Hall–Kier alpha value is -2.52. The molecule has 1 N–H and O–H groups in total. The number of benzene rings is 1. The number of methoxy groups -OCH3 is 1. The Morgan fingerprint density at radius 3 is 2.97 bits per heavy atom. The van der Waals surface area contributed by atoms with Gasteiger partial charge in [0.2, 0.25) is 11.8 Å². The van der Waals surface area contributed by atoms with Crippen molar-refractivity contribution in [1.82, 2.24) is 9.88 Å². The summed E-state index contributed by atoms with van der Waals surface area (Å²) in [5.74, 6) is 0.664. The van der Waals surface area contributed by atoms with Crippen LogP contribution in [-0.2, 0) is 21.4 Å². The van der Waals surface area contributed by atoms with Crippen LogP contribution < -0.4 is 14.2 Å². The van der Waals surface area contributed by atoms with Crippen molar-refractivity contribution < 1.29 is 22.7 Å². The standard InChI is InChI=1S/C19H20ClN3O5S/c1-27-16-6-5-13(20)8-17(16)29(25,26)22-14-7-12-10-23-15(3-2-4-18(23)24)11-28-19(12)21-9-14/h5-9,15,22H,2-4,10-11H2,1H3/t15-/m0/s1. The maximum Gasteiger partial charge on any atom is 0.265 e. The fourth-order valence-corrected chi connectivity index (χ4v) is 5.08. The number of anilines is 1. The largest absolute Gasteiger partial charge is 0.495 e. The third kappa shape index (κ3) is 3.97. The molecule has 3 heterocycles. The number of hydrogen-bond acceptors (Lipinski definition) is 6. The Bertz CT molecular complexity index is 1060. The third-order valence-electron chi connectivity index (χ3n) is 5.03. The van der Waals surface area contributed by atoms with Gasteiger partial charge in [-0.2, -0.15) is 0 Å². The molecule has 0 bridgehead atoms. The number of rotatable bonds is 4. The minimum absolute atomic E-state index is 0.0151. The van der Waals surface area contributed by atoms with Crippen molar-refractivity contribution in [2.75, 3.05) is 18.4 Å². The number of fused-ring (bicyclic) bond motifs is 2. The molecule has 2 aliphatic rings. The van der Waals surface area contributed by atoms with Gasteiger partial charge in [0.05, 0.1) is 31.6 Å². The summed E-state index contributed by atoms with van der Waals surface area (Å²) in [6.45, 7) is 0.721. The van der Waals surface area contributed by atoms with Crippen LogP contribution in [0.1, 0.15) is 24.8 Å². The molecule has 154 valence electrons. The highest BCUT2D eigenvalue weighted by Gasteiger charge is 2.32. The fraction of sp³-hybridized carbons (Fsp3) is 0.368. The number of piperidine rings is 1. The Labute approximate surface area is 173 Å². The number of amides is 1. The van der Waals surface area contributed by atoms with Gasteiger partial charge in [0.1, 0.15) is 17.3 Å². The van der Waals surface area contributed by atoms with Crippen molar-refractivity contribution in [3.8, 4) is 11.6 Å². The zero-order valence-electron chi connectivity index (χ0n) is 15.7. The van der Waals surface area contributed by atoms with Gasteiger partial charge in [-0.25, -0.2) is 13.4 Å². The Morgan fingerprint density at radius 2 is 2.17 bits per heavy atom. The zero-order valence-corrected chi connectivity index (χ0v) is 17.3. The quantitative estimate of drug-likeness (QED) is 0.789. The van der Waals surface area contributed by atoms with Crippen LogP contribution in [0.5, 0.6) is 11.6 Å². The van der Waals surface area contributed by atoms with Crippen LogP contribution >= 0.6 is 11.6 Å². The number of halogens is 1. The lowest BCUT2D eigenvalue weighted by atomic mass is 10.0. The summed E-state index contributed by atoms with van der Waals surface area (Å²) in [5, 5.41) is 0.272. The van der Waals surface area contributed by atoms with Crippen molar-refractivity contribution in [1.29, 1.82) is 0 Å². The smallest absolute Gasteiger partial charge is 0.265 e. The van der Waals surface area contributed by atoms with Gasteiger partial charge in [-0.3, -0.25) is 9.52 Å². The number of carbonyl (C=O) groups excluding carboxylic acids is 1. The lowest BCUT2D eigenvalue weighted by Gasteiger charge is -2.33. The molecule has 29 heavy (non-hydrogen) atoms. The minimum Gasteiger partial charge on any atom is -0.495 e. The van der Waals surface area contributed by atoms with Gasteiger partial charge in [-0.1, -0.05) is 11.6 Å². The van der Waals surface area contributed by atoms with Crippen LogP contribution in [0.15, 0.2) is 35.4 Å². The van der Waals surface area contributed by atoms with E-state index in [-0.39, 0.29) is 33.3 Å². The topological polar surface area (TPSA) is 97.8 Å². The number of nitrogens with one attached hydrogen (secondary N) is 1. The van der Waals surface area contributed by atoms with E-state index < -0.39 is 10.0 Å². The van der Waals surface area contributed by atoms with Crippen LogP contribution in [0.3, 0.4) is 0 Å². The number of carbonyl (C=O) groups is 1. The van der Waals surface area contributed by atoms with Gasteiger partial charge in [-0.05, 0) is 37.1 Å². The van der Waals surface area contributed by atoms with Gasteiger partial charge in [0.25, 0.3) is 10.0 Å². The summed E-state index contributed by atoms with van der Waals surface area (Å²) in [5.41, 5.74) is 0.915. The molecule has 0 spiro atoms. The van der Waals surface area contributed by atoms with E-state index in [4.69, 9.17) is 21.1 Å². The summed E-state index contributed by atoms with van der Waals surface area (Å²) < 4.78 is 39.2. The molecule has 2 aromatic rings. The molecule has 1 aromatic heterocycles. The van der Waals surface area contributed by atoms with Crippen LogP contribution in [0.4, 0.5) is 5.69 Å². The van der Waals surface area contributed by atoms with Gasteiger partial charge >= 0.3 is 0 Å². The first-order valence-electron chi connectivity index (χ1n) is 9.15. The second-order valence-electron chi connectivity index (χ2n) is 6.97. The average Bonchev–Trinajstić information content (AvgIpc) is 2.88. The summed E-state index contributed by atoms with van der Waals surface area (Å²) in [6.07, 6.45) is 3.63. The monoisotopic (exact) mass is 437 g/mol. The highest BCUT2D eigenvalue weighted by Crippen LogP contribution is 2.32. The summed E-state index contributed by atoms with van der Waals surface area (Å²) in [4.78, 5) is 18.3. The molecule has 4 rings (SSSR count). The molecule has 0 aliphatic carbocycles. The fourth-order valence-electron chi connectivity index (χ4n) is 3.61. The maximum absolute atomic E-state index is 12.9. The number of hydrogen-bond donors (Lipinski definition) is 1. The highest BCUT2D eigenvalue weighted by atomic mass is 35.5. The summed E-state index contributed by atoms with van der Waals surface area (Å²) in [6, 6.07) is 6.01. The predicted octanol–water partition coefficient (Wildman–Crippen LogP) is 2.82. The first-order valence-corrected chi connectivity index (χ1v) is 11.0. The highest BCUT2D eigenvalue weighted by molar-refractivity contribution is 7.92. The molecule has 2 aliphatic heterocycles. The van der Waals surface area contributed by atoms with E-state index in [1.807, 2.05) is 0 Å². The van der Waals surface area contributed by atoms with E-state index in [9.17, 15) is 13.2 Å². The second-order valence-corrected chi connectivity index (χ2v) is 9.05. The molecule has 0 saturated carbocycles. The maximum atomic E-state index is 12.9. The van der Waals surface area contributed by atoms with Crippen molar-refractivity contribution in [2.45, 2.75) is 36.7 Å². The zero-order chi connectivity index (χ0) is 20.6. The van der Waals surface area contributed by atoms with Crippen LogP contribution in [0.25, 0.3) is 0 Å². The van der Waals surface area contributed by atoms with Crippen molar-refractivity contribution in [2.24, 2.45) is 0 Å². The molecule has 1 fully saturated rings. The average molecular weight is 438 g/mol. The predicted molar refractivity (Wildman–Crippen MR) is 107 cm³/mol. The molecule has 1 saturated heterocycles. The van der Waals surface area contributed by atoms with Crippen molar-refractivity contribution in [3.63, 3.8) is 0 Å². The SMILES string of the molecule is COc1ccc(Cl)cc1S(=O)(=O)Nc1cnc2c(c1)CN1C(=O)CCC[C@H]1CO2. The van der Waals surface area contributed by atoms with E-state index in [2.05, 4.69) is 9.71 Å². The Kier molecular flexibility index (Phi) is 5.26. The molecule has 8 nitrogen and oxygen atoms in total. The molecule has 1 amide bonds. The molecular formula is C19H20ClN3O5S. The van der Waals surface area contributed by atoms with Crippen LogP contribution in [0.2, 0.25) is 5.02 Å². The molecule has 0 unspecified atom stereocenters. The van der Waals surface area contributed by atoms with Gasteiger partial charge in [-0.15, -0.1) is 0 Å². The third-order valence-corrected chi connectivity index (χ3v) is 6.67. The lowest BCUT2D eigenvalue weighted by Crippen LogP contribution is -2.44. The Balaban J connectivity index is 1.63. The lowest BCUT2D eigenvalue weighted by molar-refractivity contribution is -0.137. The van der Waals surface area contributed by atoms with E-state index in [1.165, 1.54) is 25.4 Å². The van der Waals surface area contributed by atoms with Crippen LogP contribution in [0, 0.1) is 0 Å². The normalized spacial score (nSPS) is 18.9. The molecule has 10 heteroatoms. The summed E-state index contributed by atoms with van der Waals surface area (Å²) in [7, 11) is -2.58. The first kappa shape index (κ1) is 19.8. The van der Waals surface area contributed by atoms with Gasteiger partial charge in [0, 0.05) is 17.0 Å². The second kappa shape index (κ2) is 7.72. The van der Waals surface area contributed by atoms with Gasteiger partial charge < -0.3 is 14.4 Å². The number of ether oxygens (including phenoxy) is 2. The first-order chi connectivity index (χ1) is 13.9. The number of sulfonamides is 1. The molecular weight excluding hydrogens is 418 g/mol. The van der Waals surface area contributed by atoms with Gasteiger partial charge in [0.15, 0.2) is 0 Å².